The Morgan fingerprint density at radius 2 is 2.12 bits per heavy atom. The lowest BCUT2D eigenvalue weighted by Gasteiger charge is -2.26. The fourth-order valence-electron chi connectivity index (χ4n) is 3.53. The molecule has 2 aromatic heterocycles. The van der Waals surface area contributed by atoms with Gasteiger partial charge in [-0.1, -0.05) is 30.3 Å². The van der Waals surface area contributed by atoms with E-state index in [-0.39, 0.29) is 11.9 Å². The molecule has 128 valence electrons. The van der Waals surface area contributed by atoms with Crippen molar-refractivity contribution in [2.75, 3.05) is 0 Å². The minimum absolute atomic E-state index is 0.0302. The minimum atomic E-state index is 0.0302. The topological polar surface area (TPSA) is 62.7 Å². The van der Waals surface area contributed by atoms with Gasteiger partial charge >= 0.3 is 0 Å². The molecule has 25 heavy (non-hydrogen) atoms. The van der Waals surface area contributed by atoms with Crippen LogP contribution in [0.15, 0.2) is 55.0 Å². The maximum atomic E-state index is 12.4. The molecule has 1 aromatic carbocycles. The van der Waals surface area contributed by atoms with E-state index in [0.717, 1.165) is 48.5 Å². The zero-order chi connectivity index (χ0) is 17.1. The molecule has 1 aliphatic heterocycles. The summed E-state index contributed by atoms with van der Waals surface area (Å²) in [6.07, 6.45) is 7.02. The number of hydrogen-bond donors (Lipinski definition) is 2. The smallest absolute Gasteiger partial charge is 0.220 e. The van der Waals surface area contributed by atoms with Crippen LogP contribution in [-0.2, 0) is 17.8 Å². The molecule has 0 aliphatic carbocycles. The molecule has 5 nitrogen and oxygen atoms in total. The Bertz CT molecular complexity index is 836. The third-order valence-corrected chi connectivity index (χ3v) is 4.77. The standard InChI is InChI=1S/C20H22N4O/c25-18(11-10-16-8-4-12-21-16)23-17-9-5-13-24-14-22-19(20(17)24)15-6-2-1-3-7-15/h1-4,6-8,12,14,17,21H,5,9-11,13H2,(H,23,25). The molecule has 0 saturated heterocycles. The number of carbonyl (C=O) groups is 1. The van der Waals surface area contributed by atoms with Crippen LogP contribution in [0.1, 0.15) is 36.7 Å². The predicted octanol–water partition coefficient (Wildman–Crippen LogP) is 3.46. The summed E-state index contributed by atoms with van der Waals surface area (Å²) in [5, 5.41) is 3.22. The van der Waals surface area contributed by atoms with E-state index in [4.69, 9.17) is 0 Å². The number of carbonyl (C=O) groups excluding carboxylic acids is 1. The van der Waals surface area contributed by atoms with Gasteiger partial charge in [0, 0.05) is 30.4 Å². The van der Waals surface area contributed by atoms with Crippen LogP contribution in [0.25, 0.3) is 11.3 Å². The van der Waals surface area contributed by atoms with Crippen molar-refractivity contribution in [2.45, 2.75) is 38.3 Å². The van der Waals surface area contributed by atoms with E-state index in [9.17, 15) is 4.79 Å². The molecule has 1 aliphatic rings. The highest BCUT2D eigenvalue weighted by Gasteiger charge is 2.26. The van der Waals surface area contributed by atoms with Gasteiger partial charge in [0.05, 0.1) is 23.8 Å². The van der Waals surface area contributed by atoms with Crippen molar-refractivity contribution in [3.05, 3.63) is 66.4 Å². The maximum Gasteiger partial charge on any atom is 0.220 e. The van der Waals surface area contributed by atoms with Gasteiger partial charge in [0.1, 0.15) is 0 Å². The second-order valence-corrected chi connectivity index (χ2v) is 6.50. The Morgan fingerprint density at radius 1 is 1.24 bits per heavy atom. The summed E-state index contributed by atoms with van der Waals surface area (Å²) in [5.41, 5.74) is 4.30. The number of hydrogen-bond acceptors (Lipinski definition) is 2. The number of aromatic amines is 1. The van der Waals surface area contributed by atoms with Crippen molar-refractivity contribution in [1.29, 1.82) is 0 Å². The van der Waals surface area contributed by atoms with Gasteiger partial charge in [-0.15, -0.1) is 0 Å². The van der Waals surface area contributed by atoms with E-state index >= 15 is 0 Å². The fourth-order valence-corrected chi connectivity index (χ4v) is 3.53. The lowest BCUT2D eigenvalue weighted by molar-refractivity contribution is -0.122. The third kappa shape index (κ3) is 3.36. The van der Waals surface area contributed by atoms with Gasteiger partial charge in [-0.25, -0.2) is 4.98 Å². The quantitative estimate of drug-likeness (QED) is 0.750. The Hall–Kier alpha value is -2.82. The molecule has 1 unspecified atom stereocenters. The van der Waals surface area contributed by atoms with Crippen LogP contribution >= 0.6 is 0 Å². The average Bonchev–Trinajstić information content (AvgIpc) is 3.31. The largest absolute Gasteiger partial charge is 0.365 e. The van der Waals surface area contributed by atoms with Crippen molar-refractivity contribution in [3.8, 4) is 11.3 Å². The van der Waals surface area contributed by atoms with E-state index in [1.807, 2.05) is 42.9 Å². The summed E-state index contributed by atoms with van der Waals surface area (Å²) >= 11 is 0. The molecular formula is C20H22N4O. The predicted molar refractivity (Wildman–Crippen MR) is 96.9 cm³/mol. The van der Waals surface area contributed by atoms with Crippen molar-refractivity contribution >= 4 is 5.91 Å². The minimum Gasteiger partial charge on any atom is -0.365 e. The molecule has 1 amide bonds. The molecule has 0 saturated carbocycles. The first-order chi connectivity index (χ1) is 12.3. The number of aryl methyl sites for hydroxylation is 2. The number of benzene rings is 1. The summed E-state index contributed by atoms with van der Waals surface area (Å²) in [5.74, 6) is 0.0910. The Balaban J connectivity index is 1.51. The first-order valence-corrected chi connectivity index (χ1v) is 8.83. The number of aromatic nitrogens is 3. The normalized spacial score (nSPS) is 16.4. The maximum absolute atomic E-state index is 12.4. The first-order valence-electron chi connectivity index (χ1n) is 8.83. The van der Waals surface area contributed by atoms with Gasteiger partial charge in [0.2, 0.25) is 5.91 Å². The third-order valence-electron chi connectivity index (χ3n) is 4.77. The van der Waals surface area contributed by atoms with Gasteiger partial charge < -0.3 is 14.9 Å². The van der Waals surface area contributed by atoms with Crippen LogP contribution in [0.4, 0.5) is 0 Å². The van der Waals surface area contributed by atoms with Crippen LogP contribution in [0.5, 0.6) is 0 Å². The van der Waals surface area contributed by atoms with Crippen LogP contribution < -0.4 is 5.32 Å². The monoisotopic (exact) mass is 334 g/mol. The van der Waals surface area contributed by atoms with Gasteiger partial charge in [-0.05, 0) is 31.4 Å². The van der Waals surface area contributed by atoms with Crippen LogP contribution in [0.2, 0.25) is 0 Å². The van der Waals surface area contributed by atoms with Crippen molar-refractivity contribution < 1.29 is 4.79 Å². The fraction of sp³-hybridized carbons (Fsp3) is 0.300. The van der Waals surface area contributed by atoms with Crippen LogP contribution in [-0.4, -0.2) is 20.4 Å². The van der Waals surface area contributed by atoms with Gasteiger partial charge in [0.25, 0.3) is 0 Å². The van der Waals surface area contributed by atoms with E-state index in [1.165, 1.54) is 0 Å². The molecule has 3 heterocycles. The molecule has 0 bridgehead atoms. The summed E-state index contributed by atoms with van der Waals surface area (Å²) in [4.78, 5) is 20.2. The zero-order valence-electron chi connectivity index (χ0n) is 14.1. The SMILES string of the molecule is O=C(CCc1ccc[nH]1)NC1CCCn2cnc(-c3ccccc3)c21. The lowest BCUT2D eigenvalue weighted by atomic mass is 9.98. The molecule has 2 N–H and O–H groups in total. The molecular weight excluding hydrogens is 312 g/mol. The Kier molecular flexibility index (Phi) is 4.37. The van der Waals surface area contributed by atoms with E-state index in [1.54, 1.807) is 0 Å². The molecule has 0 radical (unpaired) electrons. The highest BCUT2D eigenvalue weighted by molar-refractivity contribution is 5.77. The van der Waals surface area contributed by atoms with Gasteiger partial charge in [-0.3, -0.25) is 4.79 Å². The van der Waals surface area contributed by atoms with Crippen LogP contribution in [0, 0.1) is 0 Å². The Morgan fingerprint density at radius 3 is 2.92 bits per heavy atom. The number of nitrogens with zero attached hydrogens (tertiary/aromatic N) is 2. The number of amides is 1. The molecule has 5 heteroatoms. The number of imidazole rings is 1. The van der Waals surface area contributed by atoms with Crippen molar-refractivity contribution in [1.82, 2.24) is 19.9 Å². The summed E-state index contributed by atoms with van der Waals surface area (Å²) in [6, 6.07) is 14.2. The number of fused-ring (bicyclic) bond motifs is 1. The average molecular weight is 334 g/mol. The zero-order valence-corrected chi connectivity index (χ0v) is 14.1. The molecule has 1 atom stereocenters. The molecule has 0 fully saturated rings. The number of H-pyrrole nitrogens is 1. The van der Waals surface area contributed by atoms with E-state index in [2.05, 4.69) is 32.0 Å². The summed E-state index contributed by atoms with van der Waals surface area (Å²) < 4.78 is 2.18. The highest BCUT2D eigenvalue weighted by atomic mass is 16.1. The second-order valence-electron chi connectivity index (χ2n) is 6.50. The van der Waals surface area contributed by atoms with Crippen molar-refractivity contribution in [3.63, 3.8) is 0 Å². The van der Waals surface area contributed by atoms with Crippen LogP contribution in [0.3, 0.4) is 0 Å². The second kappa shape index (κ2) is 6.97. The summed E-state index contributed by atoms with van der Waals surface area (Å²) in [6.45, 7) is 0.962. The summed E-state index contributed by atoms with van der Waals surface area (Å²) in [7, 11) is 0. The molecule has 0 spiro atoms. The van der Waals surface area contributed by atoms with E-state index in [0.29, 0.717) is 6.42 Å². The molecule has 4 rings (SSSR count). The number of rotatable bonds is 5. The highest BCUT2D eigenvalue weighted by Crippen LogP contribution is 2.33. The Labute approximate surface area is 147 Å². The number of nitrogens with one attached hydrogen (secondary N) is 2. The van der Waals surface area contributed by atoms with Gasteiger partial charge in [0.15, 0.2) is 0 Å². The molecule has 3 aromatic rings. The first kappa shape index (κ1) is 15.7. The van der Waals surface area contributed by atoms with Crippen molar-refractivity contribution in [2.24, 2.45) is 0 Å². The van der Waals surface area contributed by atoms with Gasteiger partial charge in [-0.2, -0.15) is 0 Å². The van der Waals surface area contributed by atoms with E-state index < -0.39 is 0 Å². The lowest BCUT2D eigenvalue weighted by Crippen LogP contribution is -2.32.